The van der Waals surface area contributed by atoms with Crippen LogP contribution in [0.25, 0.3) is 112 Å². The molecule has 0 bridgehead atoms. The van der Waals surface area contributed by atoms with Gasteiger partial charge in [0.25, 0.3) is 0 Å². The van der Waals surface area contributed by atoms with Crippen LogP contribution in [-0.2, 0) is 6.42 Å². The van der Waals surface area contributed by atoms with Gasteiger partial charge in [0, 0.05) is 68.9 Å². The Morgan fingerprint density at radius 1 is 0.441 bits per heavy atom. The van der Waals surface area contributed by atoms with Crippen LogP contribution in [0, 0.1) is 0 Å². The van der Waals surface area contributed by atoms with Gasteiger partial charge >= 0.3 is 0 Å². The summed E-state index contributed by atoms with van der Waals surface area (Å²) >= 11 is 0. The number of nitrogens with one attached hydrogen (secondary N) is 1. The van der Waals surface area contributed by atoms with Gasteiger partial charge in [0.2, 0.25) is 0 Å². The van der Waals surface area contributed by atoms with E-state index in [2.05, 4.69) is 208 Å². The van der Waals surface area contributed by atoms with Gasteiger partial charge in [-0.15, -0.1) is 0 Å². The van der Waals surface area contributed by atoms with Crippen molar-refractivity contribution in [3.63, 3.8) is 0 Å². The zero-order valence-corrected chi connectivity index (χ0v) is 37.2. The Kier molecular flexibility index (Phi) is 9.60. The van der Waals surface area contributed by atoms with Crippen molar-refractivity contribution in [2.24, 2.45) is 0 Å². The Labute approximate surface area is 394 Å². The summed E-state index contributed by atoms with van der Waals surface area (Å²) < 4.78 is 4.94. The number of fused-ring (bicyclic) bond motifs is 6. The third kappa shape index (κ3) is 6.93. The van der Waals surface area contributed by atoms with E-state index in [0.29, 0.717) is 5.82 Å². The molecule has 7 aromatic carbocycles. The first-order chi connectivity index (χ1) is 33.7. The summed E-state index contributed by atoms with van der Waals surface area (Å²) in [5, 5.41) is 7.01. The van der Waals surface area contributed by atoms with E-state index in [9.17, 15) is 0 Å². The first kappa shape index (κ1) is 39.5. The van der Waals surface area contributed by atoms with Crippen LogP contribution in [0.1, 0.15) is 23.5 Å². The summed E-state index contributed by atoms with van der Waals surface area (Å²) in [5.74, 6) is 0.697. The molecule has 0 atom stereocenters. The Balaban J connectivity index is 1.01. The van der Waals surface area contributed by atoms with Crippen LogP contribution in [0.4, 0.5) is 0 Å². The molecule has 68 heavy (non-hydrogen) atoms. The predicted octanol–water partition coefficient (Wildman–Crippen LogP) is 14.7. The van der Waals surface area contributed by atoms with Crippen molar-refractivity contribution in [2.45, 2.75) is 12.8 Å². The van der Waals surface area contributed by atoms with Crippen molar-refractivity contribution >= 4 is 44.4 Å². The first-order valence-electron chi connectivity index (χ1n) is 23.3. The fourth-order valence-corrected chi connectivity index (χ4v) is 10.3. The van der Waals surface area contributed by atoms with Crippen LogP contribution in [0.15, 0.2) is 219 Å². The number of aromatic nitrogens is 5. The lowest BCUT2D eigenvalue weighted by molar-refractivity contribution is 0.967. The molecule has 6 heteroatoms. The molecule has 1 aliphatic carbocycles. The molecule has 2 aliphatic rings. The van der Waals surface area contributed by atoms with Gasteiger partial charge in [-0.05, 0) is 137 Å². The maximum absolute atomic E-state index is 5.14. The van der Waals surface area contributed by atoms with Gasteiger partial charge in [-0.25, -0.2) is 9.97 Å². The zero-order valence-electron chi connectivity index (χ0n) is 37.2. The van der Waals surface area contributed by atoms with Crippen LogP contribution in [0.5, 0.6) is 0 Å². The highest BCUT2D eigenvalue weighted by Crippen LogP contribution is 2.41. The van der Waals surface area contributed by atoms with Gasteiger partial charge < -0.3 is 14.5 Å². The molecule has 0 spiro atoms. The second kappa shape index (κ2) is 16.5. The molecule has 4 aromatic heterocycles. The molecule has 1 N–H and O–H groups in total. The van der Waals surface area contributed by atoms with Crippen LogP contribution in [0.3, 0.4) is 0 Å². The summed E-state index contributed by atoms with van der Waals surface area (Å²) in [4.78, 5) is 14.4. The monoisotopic (exact) mass is 872 g/mol. The maximum atomic E-state index is 5.14. The third-order valence-electron chi connectivity index (χ3n) is 13.6. The smallest absolute Gasteiger partial charge is 0.160 e. The quantitative estimate of drug-likeness (QED) is 0.165. The molecule has 5 heterocycles. The van der Waals surface area contributed by atoms with E-state index in [-0.39, 0.29) is 0 Å². The van der Waals surface area contributed by atoms with Gasteiger partial charge in [-0.2, -0.15) is 0 Å². The number of pyridine rings is 1. The highest BCUT2D eigenvalue weighted by molar-refractivity contribution is 6.10. The number of para-hydroxylation sites is 1. The first-order valence-corrected chi connectivity index (χ1v) is 23.3. The standard InChI is InChI=1S/C62H44N6/c1-3-11-41(12-4-1)47-23-25-60-54(37-47)52-15-7-9-17-58(52)67(60)50-35-49(36-51(39-50)68-59-18-10-8-16-53(59)55-38-48(24-26-61(55)68)42-13-5-2-6-14-42)43-19-21-44(22-20-43)56-40-57(45-27-31-63-32-28-45)66-62(65-56)46-29-33-64-34-30-46/h1-7,9-15,17-33,35-40,64H,8,16,34H2. The molecule has 0 fully saturated rings. The Morgan fingerprint density at radius 3 is 1.74 bits per heavy atom. The van der Waals surface area contributed by atoms with E-state index in [1.54, 1.807) is 0 Å². The normalized spacial score (nSPS) is 13.2. The molecule has 322 valence electrons. The molecule has 0 unspecified atom stereocenters. The van der Waals surface area contributed by atoms with Crippen LogP contribution < -0.4 is 5.32 Å². The van der Waals surface area contributed by atoms with Crippen LogP contribution in [0.2, 0.25) is 0 Å². The Hall–Kier alpha value is -8.87. The average molecular weight is 873 g/mol. The summed E-state index contributed by atoms with van der Waals surface area (Å²) in [6, 6.07) is 66.2. The summed E-state index contributed by atoms with van der Waals surface area (Å²) in [6.07, 6.45) is 16.4. The lowest BCUT2D eigenvalue weighted by Crippen LogP contribution is -2.09. The number of aryl methyl sites for hydroxylation is 1. The summed E-state index contributed by atoms with van der Waals surface area (Å²) in [7, 11) is 0. The minimum absolute atomic E-state index is 0.697. The van der Waals surface area contributed by atoms with Crippen molar-refractivity contribution in [3.8, 4) is 67.3 Å². The van der Waals surface area contributed by atoms with Gasteiger partial charge in [0.15, 0.2) is 5.82 Å². The molecular weight excluding hydrogens is 829 g/mol. The number of dihydropyridines is 1. The van der Waals surface area contributed by atoms with Gasteiger partial charge in [-0.1, -0.05) is 127 Å². The van der Waals surface area contributed by atoms with E-state index in [1.165, 1.54) is 66.2 Å². The predicted molar refractivity (Wildman–Crippen MR) is 281 cm³/mol. The van der Waals surface area contributed by atoms with E-state index >= 15 is 0 Å². The maximum Gasteiger partial charge on any atom is 0.160 e. The lowest BCUT2D eigenvalue weighted by Gasteiger charge is -2.17. The van der Waals surface area contributed by atoms with E-state index in [0.717, 1.165) is 70.0 Å². The number of hydrogen-bond donors (Lipinski definition) is 1. The minimum atomic E-state index is 0.697. The van der Waals surface area contributed by atoms with Crippen molar-refractivity contribution < 1.29 is 0 Å². The summed E-state index contributed by atoms with van der Waals surface area (Å²) in [6.45, 7) is 0.732. The average Bonchev–Trinajstić information content (AvgIpc) is 3.94. The minimum Gasteiger partial charge on any atom is -0.387 e. The number of rotatable bonds is 8. The van der Waals surface area contributed by atoms with Crippen LogP contribution in [-0.4, -0.2) is 30.6 Å². The second-order valence-electron chi connectivity index (χ2n) is 17.6. The SMILES string of the molecule is C1=Cc2c(c3cc(-c4ccccc4)ccc3n2-c2cc(-c3ccc(-c4cc(-c5ccncc5)nc(C5=CCNC=C5)n4)cc3)cc(-n3c4ccccc4c4cc(-c5ccccc5)ccc43)c2)CC1. The number of nitrogens with zero attached hydrogens (tertiary/aromatic N) is 5. The number of hydrogen-bond acceptors (Lipinski definition) is 4. The van der Waals surface area contributed by atoms with E-state index in [4.69, 9.17) is 9.97 Å². The van der Waals surface area contributed by atoms with E-state index < -0.39 is 0 Å². The molecule has 0 saturated carbocycles. The Bertz CT molecular complexity index is 3820. The van der Waals surface area contributed by atoms with Gasteiger partial charge in [0.1, 0.15) is 0 Å². The number of allylic oxidation sites excluding steroid dienone is 3. The Morgan fingerprint density at radius 2 is 1.03 bits per heavy atom. The molecular formula is C62H44N6. The van der Waals surface area contributed by atoms with Crippen molar-refractivity contribution in [1.29, 1.82) is 0 Å². The van der Waals surface area contributed by atoms with Crippen molar-refractivity contribution in [1.82, 2.24) is 29.4 Å². The molecule has 1 aliphatic heterocycles. The fraction of sp³-hybridized carbons (Fsp3) is 0.0484. The fourth-order valence-electron chi connectivity index (χ4n) is 10.3. The molecule has 0 saturated heterocycles. The van der Waals surface area contributed by atoms with Gasteiger partial charge in [-0.3, -0.25) is 4.98 Å². The lowest BCUT2D eigenvalue weighted by atomic mass is 9.98. The molecule has 0 radical (unpaired) electrons. The van der Waals surface area contributed by atoms with Crippen molar-refractivity contribution in [2.75, 3.05) is 6.54 Å². The topological polar surface area (TPSA) is 60.6 Å². The third-order valence-corrected chi connectivity index (χ3v) is 13.6. The highest BCUT2D eigenvalue weighted by atomic mass is 15.0. The number of benzene rings is 7. The molecule has 11 aromatic rings. The molecule has 13 rings (SSSR count). The molecule has 0 amide bonds. The highest BCUT2D eigenvalue weighted by Gasteiger charge is 2.22. The second-order valence-corrected chi connectivity index (χ2v) is 17.6. The largest absolute Gasteiger partial charge is 0.387 e. The van der Waals surface area contributed by atoms with E-state index in [1.807, 2.05) is 36.8 Å². The zero-order chi connectivity index (χ0) is 45.0. The molecule has 6 nitrogen and oxygen atoms in total. The summed E-state index contributed by atoms with van der Waals surface area (Å²) in [5.41, 5.74) is 20.2. The van der Waals surface area contributed by atoms with Crippen LogP contribution >= 0.6 is 0 Å². The van der Waals surface area contributed by atoms with Gasteiger partial charge in [0.05, 0.1) is 27.9 Å². The van der Waals surface area contributed by atoms with Crippen molar-refractivity contribution in [3.05, 3.63) is 236 Å².